The molecule has 0 aromatic rings. The minimum Gasteiger partial charge on any atom is -0.396 e. The van der Waals surface area contributed by atoms with Gasteiger partial charge in [-0.1, -0.05) is 19.8 Å². The van der Waals surface area contributed by atoms with Crippen LogP contribution in [0.15, 0.2) is 0 Å². The fraction of sp³-hybridized carbons (Fsp3) is 1.00. The molecule has 1 fully saturated rings. The van der Waals surface area contributed by atoms with Gasteiger partial charge in [0.25, 0.3) is 0 Å². The van der Waals surface area contributed by atoms with E-state index in [0.717, 1.165) is 19.0 Å². The quantitative estimate of drug-likeness (QED) is 0.777. The zero-order valence-electron chi connectivity index (χ0n) is 11.0. The zero-order chi connectivity index (χ0) is 12.0. The molecule has 0 heterocycles. The molecule has 0 unspecified atom stereocenters. The Labute approximate surface area is 105 Å². The average Bonchev–Trinajstić information content (AvgIpc) is 2.30. The van der Waals surface area contributed by atoms with Crippen LogP contribution in [0.5, 0.6) is 0 Å². The molecule has 2 nitrogen and oxygen atoms in total. The van der Waals surface area contributed by atoms with Crippen molar-refractivity contribution in [1.29, 1.82) is 0 Å². The standard InChI is InChI=1S/C13H27NOS/c1-12-4-6-13(11-15,7-5-12)10-14(2)8-9-16-3/h12,15H,4-11H2,1-3H3. The highest BCUT2D eigenvalue weighted by Crippen LogP contribution is 2.38. The molecule has 96 valence electrons. The molecule has 0 spiro atoms. The molecular formula is C13H27NOS. The monoisotopic (exact) mass is 245 g/mol. The molecule has 16 heavy (non-hydrogen) atoms. The zero-order valence-corrected chi connectivity index (χ0v) is 11.9. The maximum atomic E-state index is 9.67. The predicted octanol–water partition coefficient (Wildman–Crippen LogP) is 2.47. The largest absolute Gasteiger partial charge is 0.396 e. The van der Waals surface area contributed by atoms with Crippen molar-refractivity contribution in [3.8, 4) is 0 Å². The third-order valence-corrected chi connectivity index (χ3v) is 4.54. The van der Waals surface area contributed by atoms with Crippen molar-refractivity contribution in [1.82, 2.24) is 4.90 Å². The van der Waals surface area contributed by atoms with Gasteiger partial charge in [0, 0.05) is 30.9 Å². The average molecular weight is 245 g/mol. The van der Waals surface area contributed by atoms with Gasteiger partial charge in [-0.25, -0.2) is 0 Å². The molecule has 0 aromatic heterocycles. The van der Waals surface area contributed by atoms with Gasteiger partial charge >= 0.3 is 0 Å². The van der Waals surface area contributed by atoms with E-state index in [0.29, 0.717) is 6.61 Å². The maximum absolute atomic E-state index is 9.67. The van der Waals surface area contributed by atoms with Gasteiger partial charge in [-0.15, -0.1) is 0 Å². The van der Waals surface area contributed by atoms with Crippen LogP contribution in [0, 0.1) is 11.3 Å². The van der Waals surface area contributed by atoms with E-state index in [1.807, 2.05) is 11.8 Å². The van der Waals surface area contributed by atoms with E-state index >= 15 is 0 Å². The van der Waals surface area contributed by atoms with Crippen LogP contribution >= 0.6 is 11.8 Å². The van der Waals surface area contributed by atoms with Gasteiger partial charge in [0.05, 0.1) is 0 Å². The van der Waals surface area contributed by atoms with Crippen molar-refractivity contribution in [2.45, 2.75) is 32.6 Å². The minimum atomic E-state index is 0.194. The molecule has 1 aliphatic rings. The third kappa shape index (κ3) is 4.27. The Morgan fingerprint density at radius 3 is 2.50 bits per heavy atom. The number of hydrogen-bond acceptors (Lipinski definition) is 3. The second-order valence-corrected chi connectivity index (χ2v) is 6.56. The molecule has 1 aliphatic carbocycles. The summed E-state index contributed by atoms with van der Waals surface area (Å²) in [5.74, 6) is 2.05. The van der Waals surface area contributed by atoms with Gasteiger partial charge < -0.3 is 10.0 Å². The third-order valence-electron chi connectivity index (χ3n) is 3.95. The van der Waals surface area contributed by atoms with Crippen molar-refractivity contribution >= 4 is 11.8 Å². The van der Waals surface area contributed by atoms with Crippen molar-refractivity contribution in [3.63, 3.8) is 0 Å². The van der Waals surface area contributed by atoms with Gasteiger partial charge in [0.15, 0.2) is 0 Å². The summed E-state index contributed by atoms with van der Waals surface area (Å²) in [7, 11) is 2.19. The van der Waals surface area contributed by atoms with Gasteiger partial charge in [-0.2, -0.15) is 11.8 Å². The molecular weight excluding hydrogens is 218 g/mol. The summed E-state index contributed by atoms with van der Waals surface area (Å²) in [5, 5.41) is 9.67. The summed E-state index contributed by atoms with van der Waals surface area (Å²) in [6.07, 6.45) is 7.13. The van der Waals surface area contributed by atoms with E-state index in [-0.39, 0.29) is 5.41 Å². The van der Waals surface area contributed by atoms with E-state index in [1.165, 1.54) is 31.4 Å². The number of hydrogen-bond donors (Lipinski definition) is 1. The first-order chi connectivity index (χ1) is 7.62. The fourth-order valence-corrected chi connectivity index (χ4v) is 3.13. The Morgan fingerprint density at radius 1 is 1.38 bits per heavy atom. The van der Waals surface area contributed by atoms with Crippen molar-refractivity contribution in [2.75, 3.05) is 38.8 Å². The highest BCUT2D eigenvalue weighted by molar-refractivity contribution is 7.98. The smallest absolute Gasteiger partial charge is 0.0499 e. The molecule has 1 N–H and O–H groups in total. The van der Waals surface area contributed by atoms with Crippen LogP contribution < -0.4 is 0 Å². The number of aliphatic hydroxyl groups excluding tert-OH is 1. The highest BCUT2D eigenvalue weighted by atomic mass is 32.2. The fourth-order valence-electron chi connectivity index (χ4n) is 2.64. The Balaban J connectivity index is 2.40. The van der Waals surface area contributed by atoms with Gasteiger partial charge in [0.2, 0.25) is 0 Å². The first kappa shape index (κ1) is 14.3. The summed E-state index contributed by atoms with van der Waals surface area (Å²) < 4.78 is 0. The lowest BCUT2D eigenvalue weighted by atomic mass is 9.71. The summed E-state index contributed by atoms with van der Waals surface area (Å²) in [6, 6.07) is 0. The molecule has 0 aliphatic heterocycles. The Kier molecular flexibility index (Phi) is 6.16. The number of rotatable bonds is 6. The normalized spacial score (nSPS) is 30.9. The highest BCUT2D eigenvalue weighted by Gasteiger charge is 2.34. The van der Waals surface area contributed by atoms with E-state index in [1.54, 1.807) is 0 Å². The lowest BCUT2D eigenvalue weighted by molar-refractivity contribution is 0.0382. The molecule has 0 aromatic carbocycles. The van der Waals surface area contributed by atoms with E-state index in [2.05, 4.69) is 25.1 Å². The lowest BCUT2D eigenvalue weighted by Gasteiger charge is -2.40. The van der Waals surface area contributed by atoms with Gasteiger partial charge in [-0.3, -0.25) is 0 Å². The Bertz CT molecular complexity index is 190. The molecule has 1 saturated carbocycles. The molecule has 0 bridgehead atoms. The van der Waals surface area contributed by atoms with Gasteiger partial charge in [-0.05, 0) is 32.1 Å². The van der Waals surface area contributed by atoms with Crippen LogP contribution in [-0.2, 0) is 0 Å². The van der Waals surface area contributed by atoms with Crippen molar-refractivity contribution in [2.24, 2.45) is 11.3 Å². The summed E-state index contributed by atoms with van der Waals surface area (Å²) in [4.78, 5) is 2.39. The molecule has 3 heteroatoms. The van der Waals surface area contributed by atoms with Crippen molar-refractivity contribution in [3.05, 3.63) is 0 Å². The first-order valence-corrected chi connectivity index (χ1v) is 7.79. The van der Waals surface area contributed by atoms with Crippen LogP contribution in [0.4, 0.5) is 0 Å². The topological polar surface area (TPSA) is 23.5 Å². The first-order valence-electron chi connectivity index (χ1n) is 6.40. The molecule has 0 saturated heterocycles. The molecule has 1 rings (SSSR count). The second kappa shape index (κ2) is 6.87. The van der Waals surface area contributed by atoms with E-state index in [4.69, 9.17) is 0 Å². The van der Waals surface area contributed by atoms with E-state index in [9.17, 15) is 5.11 Å². The second-order valence-electron chi connectivity index (χ2n) is 5.57. The predicted molar refractivity (Wildman–Crippen MR) is 73.0 cm³/mol. The van der Waals surface area contributed by atoms with Crippen LogP contribution in [-0.4, -0.2) is 48.8 Å². The number of nitrogens with zero attached hydrogens (tertiary/aromatic N) is 1. The van der Waals surface area contributed by atoms with Gasteiger partial charge in [0.1, 0.15) is 0 Å². The van der Waals surface area contributed by atoms with Crippen LogP contribution in [0.2, 0.25) is 0 Å². The summed E-state index contributed by atoms with van der Waals surface area (Å²) >= 11 is 1.89. The maximum Gasteiger partial charge on any atom is 0.0499 e. The summed E-state index contributed by atoms with van der Waals surface area (Å²) in [5.41, 5.74) is 0.194. The number of aliphatic hydroxyl groups is 1. The van der Waals surface area contributed by atoms with Crippen LogP contribution in [0.25, 0.3) is 0 Å². The Hall–Kier alpha value is 0.270. The minimum absolute atomic E-state index is 0.194. The number of thioether (sulfide) groups is 1. The lowest BCUT2D eigenvalue weighted by Crippen LogP contribution is -2.41. The molecule has 0 atom stereocenters. The summed E-state index contributed by atoms with van der Waals surface area (Å²) in [6.45, 7) is 4.90. The SMILES string of the molecule is CSCCN(C)CC1(CO)CCC(C)CC1. The van der Waals surface area contributed by atoms with Crippen molar-refractivity contribution < 1.29 is 5.11 Å². The van der Waals surface area contributed by atoms with E-state index < -0.39 is 0 Å². The van der Waals surface area contributed by atoms with Crippen LogP contribution in [0.3, 0.4) is 0 Å². The molecule has 0 radical (unpaired) electrons. The Morgan fingerprint density at radius 2 is 2.00 bits per heavy atom. The van der Waals surface area contributed by atoms with Crippen LogP contribution in [0.1, 0.15) is 32.6 Å². The molecule has 0 amide bonds.